The largest absolute Gasteiger partial charge is 0.476 e. The van der Waals surface area contributed by atoms with Crippen LogP contribution in [-0.4, -0.2) is 21.0 Å². The Morgan fingerprint density at radius 1 is 1.42 bits per heavy atom. The Bertz CT molecular complexity index is 642. The van der Waals surface area contributed by atoms with Gasteiger partial charge in [-0.2, -0.15) is 13.2 Å². The summed E-state index contributed by atoms with van der Waals surface area (Å²) in [5.41, 5.74) is -1.17. The summed E-state index contributed by atoms with van der Waals surface area (Å²) in [4.78, 5) is 18.0. The predicted octanol–water partition coefficient (Wildman–Crippen LogP) is 3.58. The van der Waals surface area contributed by atoms with Gasteiger partial charge in [0.25, 0.3) is 0 Å². The van der Waals surface area contributed by atoms with Crippen LogP contribution in [0.15, 0.2) is 17.6 Å². The van der Waals surface area contributed by atoms with Gasteiger partial charge in [-0.15, -0.1) is 11.3 Å². The molecule has 2 aromatic rings. The minimum Gasteiger partial charge on any atom is -0.476 e. The van der Waals surface area contributed by atoms with Gasteiger partial charge in [-0.05, 0) is 6.07 Å². The number of nitrogens with zero attached hydrogens (tertiary/aromatic N) is 2. The quantitative estimate of drug-likeness (QED) is 0.921. The lowest BCUT2D eigenvalue weighted by Gasteiger charge is -2.07. The molecule has 4 nitrogen and oxygen atoms in total. The molecule has 100 valence electrons. The van der Waals surface area contributed by atoms with Crippen molar-refractivity contribution in [1.82, 2.24) is 9.97 Å². The smallest absolute Gasteiger partial charge is 0.417 e. The van der Waals surface area contributed by atoms with Gasteiger partial charge in [0.1, 0.15) is 10.7 Å². The summed E-state index contributed by atoms with van der Waals surface area (Å²) >= 11 is 6.65. The Hall–Kier alpha value is -1.67. The summed E-state index contributed by atoms with van der Waals surface area (Å²) in [6.45, 7) is 0. The molecule has 2 aromatic heterocycles. The molecule has 2 heterocycles. The number of hydrogen-bond acceptors (Lipinski definition) is 4. The second kappa shape index (κ2) is 4.78. The zero-order valence-electron chi connectivity index (χ0n) is 8.90. The van der Waals surface area contributed by atoms with Crippen LogP contribution in [-0.2, 0) is 6.18 Å². The summed E-state index contributed by atoms with van der Waals surface area (Å²) in [7, 11) is 0. The normalized spacial score (nSPS) is 11.6. The van der Waals surface area contributed by atoms with Crippen LogP contribution in [0.1, 0.15) is 16.1 Å². The van der Waals surface area contributed by atoms with Gasteiger partial charge in [-0.1, -0.05) is 11.6 Å². The first kappa shape index (κ1) is 13.8. The van der Waals surface area contributed by atoms with E-state index in [9.17, 15) is 18.0 Å². The molecule has 19 heavy (non-hydrogen) atoms. The second-order valence-electron chi connectivity index (χ2n) is 3.40. The highest BCUT2D eigenvalue weighted by molar-refractivity contribution is 7.13. The van der Waals surface area contributed by atoms with Gasteiger partial charge in [-0.25, -0.2) is 9.78 Å². The number of hydrogen-bond donors (Lipinski definition) is 1. The molecule has 0 aliphatic heterocycles. The van der Waals surface area contributed by atoms with E-state index in [0.717, 1.165) is 17.4 Å². The molecule has 0 radical (unpaired) electrons. The zero-order valence-corrected chi connectivity index (χ0v) is 10.5. The third-order valence-corrected chi connectivity index (χ3v) is 3.23. The van der Waals surface area contributed by atoms with Crippen molar-refractivity contribution in [2.45, 2.75) is 6.18 Å². The number of rotatable bonds is 2. The molecule has 0 aromatic carbocycles. The Balaban J connectivity index is 2.43. The van der Waals surface area contributed by atoms with Gasteiger partial charge in [0.05, 0.1) is 10.6 Å². The van der Waals surface area contributed by atoms with Gasteiger partial charge < -0.3 is 5.11 Å². The molecule has 0 atom stereocenters. The van der Waals surface area contributed by atoms with E-state index < -0.39 is 17.7 Å². The van der Waals surface area contributed by atoms with Crippen molar-refractivity contribution < 1.29 is 23.1 Å². The van der Waals surface area contributed by atoms with Crippen molar-refractivity contribution in [2.24, 2.45) is 0 Å². The maximum Gasteiger partial charge on any atom is 0.417 e. The van der Waals surface area contributed by atoms with Crippen LogP contribution in [0.4, 0.5) is 13.2 Å². The van der Waals surface area contributed by atoms with E-state index in [4.69, 9.17) is 16.7 Å². The van der Waals surface area contributed by atoms with Crippen molar-refractivity contribution in [1.29, 1.82) is 0 Å². The topological polar surface area (TPSA) is 63.1 Å². The molecule has 0 spiro atoms. The van der Waals surface area contributed by atoms with Gasteiger partial charge >= 0.3 is 12.1 Å². The number of aromatic nitrogens is 2. The Kier molecular flexibility index (Phi) is 3.46. The first-order valence-corrected chi connectivity index (χ1v) is 5.96. The highest BCUT2D eigenvalue weighted by Crippen LogP contribution is 2.34. The van der Waals surface area contributed by atoms with Gasteiger partial charge in [-0.3, -0.25) is 4.98 Å². The summed E-state index contributed by atoms with van der Waals surface area (Å²) in [5, 5.41) is 9.88. The van der Waals surface area contributed by atoms with Gasteiger partial charge in [0.15, 0.2) is 5.69 Å². The van der Waals surface area contributed by atoms with Crippen LogP contribution in [0.2, 0.25) is 5.02 Å². The number of alkyl halides is 3. The summed E-state index contributed by atoms with van der Waals surface area (Å²) in [6, 6.07) is 0.728. The fourth-order valence-corrected chi connectivity index (χ4v) is 2.35. The molecular weight excluding hydrogens is 305 g/mol. The lowest BCUT2D eigenvalue weighted by molar-refractivity contribution is -0.137. The number of carbonyl (C=O) groups is 1. The van der Waals surface area contributed by atoms with Crippen LogP contribution in [0, 0.1) is 0 Å². The van der Waals surface area contributed by atoms with Crippen LogP contribution in [0.5, 0.6) is 0 Å². The minimum absolute atomic E-state index is 0.0205. The number of carboxylic acid groups (broad SMARTS) is 1. The van der Waals surface area contributed by atoms with E-state index >= 15 is 0 Å². The molecule has 0 unspecified atom stereocenters. The third-order valence-electron chi connectivity index (χ3n) is 2.09. The molecule has 0 aliphatic carbocycles. The average molecular weight is 309 g/mol. The van der Waals surface area contributed by atoms with Crippen LogP contribution in [0.3, 0.4) is 0 Å². The lowest BCUT2D eigenvalue weighted by Crippen LogP contribution is -2.05. The van der Waals surface area contributed by atoms with E-state index in [1.54, 1.807) is 0 Å². The number of pyridine rings is 1. The van der Waals surface area contributed by atoms with E-state index in [1.807, 2.05) is 0 Å². The van der Waals surface area contributed by atoms with E-state index in [2.05, 4.69) is 9.97 Å². The van der Waals surface area contributed by atoms with E-state index in [0.29, 0.717) is 6.20 Å². The Morgan fingerprint density at radius 2 is 2.11 bits per heavy atom. The first-order chi connectivity index (χ1) is 8.79. The fourth-order valence-electron chi connectivity index (χ4n) is 1.23. The van der Waals surface area contributed by atoms with Gasteiger partial charge in [0.2, 0.25) is 0 Å². The third kappa shape index (κ3) is 2.85. The molecule has 2 rings (SSSR count). The maximum atomic E-state index is 12.4. The molecule has 0 aliphatic rings. The second-order valence-corrected chi connectivity index (χ2v) is 4.66. The Morgan fingerprint density at radius 3 is 2.58 bits per heavy atom. The molecule has 9 heteroatoms. The number of carboxylic acids is 1. The van der Waals surface area contributed by atoms with Crippen molar-refractivity contribution in [3.63, 3.8) is 0 Å². The molecule has 0 fully saturated rings. The molecule has 0 saturated carbocycles. The van der Waals surface area contributed by atoms with Crippen molar-refractivity contribution in [2.75, 3.05) is 0 Å². The highest BCUT2D eigenvalue weighted by Gasteiger charge is 2.31. The number of halogens is 4. The maximum absolute atomic E-state index is 12.4. The van der Waals surface area contributed by atoms with E-state index in [1.165, 1.54) is 5.38 Å². The van der Waals surface area contributed by atoms with Crippen molar-refractivity contribution >= 4 is 28.9 Å². The average Bonchev–Trinajstić information content (AvgIpc) is 2.76. The molecule has 0 saturated heterocycles. The molecular formula is C10H4ClF3N2O2S. The lowest BCUT2D eigenvalue weighted by atomic mass is 10.2. The summed E-state index contributed by atoms with van der Waals surface area (Å²) in [5.74, 6) is -1.23. The number of thiazole rings is 1. The zero-order chi connectivity index (χ0) is 14.2. The summed E-state index contributed by atoms with van der Waals surface area (Å²) < 4.78 is 37.3. The Labute approximate surface area is 113 Å². The van der Waals surface area contributed by atoms with Crippen molar-refractivity contribution in [3.05, 3.63) is 33.9 Å². The minimum atomic E-state index is -4.54. The number of aromatic carboxylic acids is 1. The summed E-state index contributed by atoms with van der Waals surface area (Å²) in [6.07, 6.45) is -3.91. The molecule has 0 bridgehead atoms. The van der Waals surface area contributed by atoms with Crippen LogP contribution >= 0.6 is 22.9 Å². The van der Waals surface area contributed by atoms with E-state index in [-0.39, 0.29) is 21.4 Å². The standard InChI is InChI=1S/C10H4ClF3N2O2S/c11-5-1-4(10(12,13)14)2-15-7(5)8-16-6(3-19-8)9(17)18/h1-3H,(H,17,18). The molecule has 0 amide bonds. The first-order valence-electron chi connectivity index (χ1n) is 4.71. The monoisotopic (exact) mass is 308 g/mol. The van der Waals surface area contributed by atoms with Gasteiger partial charge in [0, 0.05) is 11.6 Å². The fraction of sp³-hybridized carbons (Fsp3) is 0.100. The van der Waals surface area contributed by atoms with Crippen molar-refractivity contribution in [3.8, 4) is 10.7 Å². The molecule has 1 N–H and O–H groups in total. The van der Waals surface area contributed by atoms with Crippen LogP contribution in [0.25, 0.3) is 10.7 Å². The SMILES string of the molecule is O=C(O)c1csc(-c2ncc(C(F)(F)F)cc2Cl)n1. The van der Waals surface area contributed by atoms with Crippen LogP contribution < -0.4 is 0 Å². The predicted molar refractivity (Wildman–Crippen MR) is 62.3 cm³/mol. The highest BCUT2D eigenvalue weighted by atomic mass is 35.5.